The number of carbonyl (C=O) groups excluding carboxylic acids is 1. The van der Waals surface area contributed by atoms with E-state index < -0.39 is 5.82 Å². The normalized spacial score (nSPS) is 10.4. The Balaban J connectivity index is 2.38. The minimum absolute atomic E-state index is 0.0913. The number of rotatable bonds is 3. The van der Waals surface area contributed by atoms with E-state index in [-0.39, 0.29) is 11.3 Å². The lowest BCUT2D eigenvalue weighted by Gasteiger charge is -2.04. The van der Waals surface area contributed by atoms with Gasteiger partial charge < -0.3 is 0 Å². The first-order chi connectivity index (χ1) is 8.61. The van der Waals surface area contributed by atoms with Crippen molar-refractivity contribution in [2.45, 2.75) is 13.3 Å². The Morgan fingerprint density at radius 1 is 1.17 bits per heavy atom. The Bertz CT molecular complexity index is 576. The molecular formula is C15H12BrFO. The van der Waals surface area contributed by atoms with Crippen LogP contribution >= 0.6 is 15.9 Å². The van der Waals surface area contributed by atoms with Crippen LogP contribution in [0.15, 0.2) is 46.9 Å². The second-order valence-corrected chi connectivity index (χ2v) is 4.92. The van der Waals surface area contributed by atoms with E-state index in [0.717, 1.165) is 12.0 Å². The molecule has 0 radical (unpaired) electrons. The van der Waals surface area contributed by atoms with Gasteiger partial charge in [0.25, 0.3) is 0 Å². The zero-order chi connectivity index (χ0) is 13.1. The Kier molecular flexibility index (Phi) is 3.92. The summed E-state index contributed by atoms with van der Waals surface area (Å²) in [4.78, 5) is 12.2. The molecule has 0 aromatic heterocycles. The molecule has 2 rings (SSSR count). The number of ketones is 1. The highest BCUT2D eigenvalue weighted by atomic mass is 79.9. The predicted octanol–water partition coefficient (Wildman–Crippen LogP) is 4.38. The molecule has 0 unspecified atom stereocenters. The second-order valence-electron chi connectivity index (χ2n) is 4.00. The van der Waals surface area contributed by atoms with Crippen LogP contribution in [-0.4, -0.2) is 5.78 Å². The summed E-state index contributed by atoms with van der Waals surface area (Å²) >= 11 is 3.24. The minimum atomic E-state index is -0.497. The van der Waals surface area contributed by atoms with Crippen LogP contribution < -0.4 is 0 Å². The molecule has 0 aliphatic carbocycles. The van der Waals surface area contributed by atoms with E-state index in [2.05, 4.69) is 15.9 Å². The SMILES string of the molecule is CCc1ccc(C(=O)c2cc(Br)ccc2F)cc1. The summed E-state index contributed by atoms with van der Waals surface area (Å²) in [6.07, 6.45) is 0.916. The van der Waals surface area contributed by atoms with Crippen LogP contribution in [0.5, 0.6) is 0 Å². The molecule has 0 N–H and O–H groups in total. The molecule has 0 saturated carbocycles. The molecule has 0 fully saturated rings. The van der Waals surface area contributed by atoms with E-state index in [9.17, 15) is 9.18 Å². The standard InChI is InChI=1S/C15H12BrFO/c1-2-10-3-5-11(6-4-10)15(18)13-9-12(16)7-8-14(13)17/h3-9H,2H2,1H3. The fourth-order valence-electron chi connectivity index (χ4n) is 1.72. The van der Waals surface area contributed by atoms with E-state index in [1.54, 1.807) is 18.2 Å². The first-order valence-electron chi connectivity index (χ1n) is 5.70. The molecule has 0 aliphatic rings. The maximum atomic E-state index is 13.6. The number of aryl methyl sites for hydroxylation is 1. The molecule has 2 aromatic rings. The monoisotopic (exact) mass is 306 g/mol. The summed E-state index contributed by atoms with van der Waals surface area (Å²) in [6, 6.07) is 11.6. The number of hydrogen-bond acceptors (Lipinski definition) is 1. The van der Waals surface area contributed by atoms with Crippen LogP contribution in [0.25, 0.3) is 0 Å². The van der Waals surface area contributed by atoms with Crippen LogP contribution in [0.2, 0.25) is 0 Å². The highest BCUT2D eigenvalue weighted by molar-refractivity contribution is 9.10. The van der Waals surface area contributed by atoms with Crippen molar-refractivity contribution in [2.75, 3.05) is 0 Å². The van der Waals surface area contributed by atoms with Gasteiger partial charge in [-0.2, -0.15) is 0 Å². The lowest BCUT2D eigenvalue weighted by molar-refractivity contribution is 0.103. The molecule has 2 aromatic carbocycles. The number of halogens is 2. The van der Waals surface area contributed by atoms with Crippen LogP contribution in [0.1, 0.15) is 28.4 Å². The molecule has 0 aliphatic heterocycles. The van der Waals surface area contributed by atoms with Gasteiger partial charge in [-0.25, -0.2) is 4.39 Å². The summed E-state index contributed by atoms with van der Waals surface area (Å²) < 4.78 is 14.3. The maximum absolute atomic E-state index is 13.6. The van der Waals surface area contributed by atoms with Crippen molar-refractivity contribution in [3.8, 4) is 0 Å². The third kappa shape index (κ3) is 2.67. The third-order valence-electron chi connectivity index (χ3n) is 2.80. The van der Waals surface area contributed by atoms with Crippen molar-refractivity contribution in [3.05, 3.63) is 69.4 Å². The molecule has 92 valence electrons. The highest BCUT2D eigenvalue weighted by Gasteiger charge is 2.14. The van der Waals surface area contributed by atoms with Crippen molar-refractivity contribution < 1.29 is 9.18 Å². The van der Waals surface area contributed by atoms with Gasteiger partial charge in [0.15, 0.2) is 5.78 Å². The van der Waals surface area contributed by atoms with E-state index in [4.69, 9.17) is 0 Å². The highest BCUT2D eigenvalue weighted by Crippen LogP contribution is 2.19. The van der Waals surface area contributed by atoms with Crippen LogP contribution in [0.3, 0.4) is 0 Å². The predicted molar refractivity (Wildman–Crippen MR) is 73.4 cm³/mol. The van der Waals surface area contributed by atoms with Crippen LogP contribution in [0.4, 0.5) is 4.39 Å². The molecule has 0 saturated heterocycles. The average Bonchev–Trinajstić information content (AvgIpc) is 2.41. The first-order valence-corrected chi connectivity index (χ1v) is 6.50. The Labute approximate surface area is 114 Å². The van der Waals surface area contributed by atoms with Crippen LogP contribution in [0, 0.1) is 5.82 Å². The molecule has 0 amide bonds. The Hall–Kier alpha value is -1.48. The topological polar surface area (TPSA) is 17.1 Å². The largest absolute Gasteiger partial charge is 0.288 e. The van der Waals surface area contributed by atoms with E-state index in [0.29, 0.717) is 10.0 Å². The van der Waals surface area contributed by atoms with E-state index in [1.807, 2.05) is 19.1 Å². The summed E-state index contributed by atoms with van der Waals surface area (Å²) in [6.45, 7) is 2.05. The fourth-order valence-corrected chi connectivity index (χ4v) is 2.08. The van der Waals surface area contributed by atoms with Gasteiger partial charge in [0.2, 0.25) is 0 Å². The van der Waals surface area contributed by atoms with Gasteiger partial charge in [-0.3, -0.25) is 4.79 Å². The van der Waals surface area contributed by atoms with Gasteiger partial charge in [0.05, 0.1) is 5.56 Å². The molecule has 0 spiro atoms. The van der Waals surface area contributed by atoms with Gasteiger partial charge >= 0.3 is 0 Å². The molecular weight excluding hydrogens is 295 g/mol. The zero-order valence-corrected chi connectivity index (χ0v) is 11.5. The lowest BCUT2D eigenvalue weighted by Crippen LogP contribution is -2.04. The van der Waals surface area contributed by atoms with Crippen molar-refractivity contribution in [2.24, 2.45) is 0 Å². The molecule has 18 heavy (non-hydrogen) atoms. The van der Waals surface area contributed by atoms with Gasteiger partial charge in [0.1, 0.15) is 5.82 Å². The summed E-state index contributed by atoms with van der Waals surface area (Å²) in [5, 5.41) is 0. The number of benzene rings is 2. The van der Waals surface area contributed by atoms with Gasteiger partial charge in [-0.15, -0.1) is 0 Å². The van der Waals surface area contributed by atoms with Gasteiger partial charge in [-0.1, -0.05) is 47.1 Å². The average molecular weight is 307 g/mol. The van der Waals surface area contributed by atoms with Crippen molar-refractivity contribution >= 4 is 21.7 Å². The second kappa shape index (κ2) is 5.44. The number of carbonyl (C=O) groups is 1. The fraction of sp³-hybridized carbons (Fsp3) is 0.133. The smallest absolute Gasteiger partial charge is 0.196 e. The number of hydrogen-bond donors (Lipinski definition) is 0. The maximum Gasteiger partial charge on any atom is 0.196 e. The van der Waals surface area contributed by atoms with Gasteiger partial charge in [-0.05, 0) is 30.2 Å². The Morgan fingerprint density at radius 3 is 2.44 bits per heavy atom. The quantitative estimate of drug-likeness (QED) is 0.769. The molecule has 0 heterocycles. The molecule has 0 bridgehead atoms. The first kappa shape index (κ1) is 13.0. The molecule has 0 atom stereocenters. The lowest BCUT2D eigenvalue weighted by atomic mass is 10.0. The van der Waals surface area contributed by atoms with Crippen LogP contribution in [-0.2, 0) is 6.42 Å². The summed E-state index contributed by atoms with van der Waals surface area (Å²) in [5.41, 5.74) is 1.75. The van der Waals surface area contributed by atoms with E-state index >= 15 is 0 Å². The van der Waals surface area contributed by atoms with Gasteiger partial charge in [0, 0.05) is 10.0 Å². The van der Waals surface area contributed by atoms with E-state index in [1.165, 1.54) is 12.1 Å². The zero-order valence-electron chi connectivity index (χ0n) is 9.91. The Morgan fingerprint density at radius 2 is 1.83 bits per heavy atom. The van der Waals surface area contributed by atoms with Crippen molar-refractivity contribution in [1.29, 1.82) is 0 Å². The van der Waals surface area contributed by atoms with Crippen molar-refractivity contribution in [1.82, 2.24) is 0 Å². The molecule has 1 nitrogen and oxygen atoms in total. The van der Waals surface area contributed by atoms with Crippen molar-refractivity contribution in [3.63, 3.8) is 0 Å². The minimum Gasteiger partial charge on any atom is -0.288 e. The third-order valence-corrected chi connectivity index (χ3v) is 3.29. The summed E-state index contributed by atoms with van der Waals surface area (Å²) in [7, 11) is 0. The molecule has 3 heteroatoms. The summed E-state index contributed by atoms with van der Waals surface area (Å²) in [5.74, 6) is -0.792.